The quantitative estimate of drug-likeness (QED) is 0.754. The number of hydrogen-bond donors (Lipinski definition) is 0. The first-order chi connectivity index (χ1) is 9.35. The van der Waals surface area contributed by atoms with Crippen LogP contribution in [0.2, 0.25) is 0 Å². The summed E-state index contributed by atoms with van der Waals surface area (Å²) in [5.41, 5.74) is 0.933. The number of hydrogen-bond acceptors (Lipinski definition) is 3. The summed E-state index contributed by atoms with van der Waals surface area (Å²) >= 11 is 0. The fraction of sp³-hybridized carbons (Fsp3) is 0.400. The molecule has 4 nitrogen and oxygen atoms in total. The molecule has 0 N–H and O–H groups in total. The first kappa shape index (κ1) is 16.4. The normalized spacial score (nSPS) is 13.3. The highest BCUT2D eigenvalue weighted by Gasteiger charge is 2.19. The summed E-state index contributed by atoms with van der Waals surface area (Å²) < 4.78 is 23.1. The Morgan fingerprint density at radius 1 is 1.30 bits per heavy atom. The van der Waals surface area contributed by atoms with Gasteiger partial charge in [-0.2, -0.15) is 0 Å². The van der Waals surface area contributed by atoms with Crippen LogP contribution in [0.4, 0.5) is 0 Å². The van der Waals surface area contributed by atoms with Crippen molar-refractivity contribution in [3.05, 3.63) is 42.0 Å². The molecular formula is C15H21NO3S. The predicted octanol–water partition coefficient (Wildman–Crippen LogP) is 1.98. The molecule has 1 atom stereocenters. The van der Waals surface area contributed by atoms with Gasteiger partial charge < -0.3 is 4.90 Å². The Morgan fingerprint density at radius 2 is 1.90 bits per heavy atom. The highest BCUT2D eigenvalue weighted by atomic mass is 32.2. The van der Waals surface area contributed by atoms with Gasteiger partial charge in [-0.1, -0.05) is 37.3 Å². The molecule has 0 aliphatic heterocycles. The summed E-state index contributed by atoms with van der Waals surface area (Å²) in [4.78, 5) is 13.4. The highest BCUT2D eigenvalue weighted by molar-refractivity contribution is 7.91. The Kier molecular flexibility index (Phi) is 5.95. The van der Waals surface area contributed by atoms with Gasteiger partial charge in [0.15, 0.2) is 9.84 Å². The van der Waals surface area contributed by atoms with Gasteiger partial charge in [0, 0.05) is 24.9 Å². The average Bonchev–Trinajstić information content (AvgIpc) is 2.44. The van der Waals surface area contributed by atoms with E-state index in [4.69, 9.17) is 0 Å². The molecule has 20 heavy (non-hydrogen) atoms. The molecule has 1 aromatic carbocycles. The SMILES string of the molecule is CCS(=O)(=O)C[C@H](C)N(C)C(=O)/C=C/c1ccccc1. The van der Waals surface area contributed by atoms with E-state index in [1.54, 1.807) is 27.0 Å². The van der Waals surface area contributed by atoms with Crippen molar-refractivity contribution in [2.75, 3.05) is 18.6 Å². The van der Waals surface area contributed by atoms with Gasteiger partial charge in [-0.15, -0.1) is 0 Å². The Balaban J connectivity index is 2.65. The van der Waals surface area contributed by atoms with E-state index in [-0.39, 0.29) is 23.5 Å². The molecule has 0 aromatic heterocycles. The second-order valence-corrected chi connectivity index (χ2v) is 7.14. The maximum Gasteiger partial charge on any atom is 0.246 e. The van der Waals surface area contributed by atoms with Crippen molar-refractivity contribution >= 4 is 21.8 Å². The third-order valence-electron chi connectivity index (χ3n) is 3.16. The molecule has 0 aliphatic rings. The van der Waals surface area contributed by atoms with Gasteiger partial charge in [0.05, 0.1) is 5.75 Å². The van der Waals surface area contributed by atoms with E-state index in [0.717, 1.165) is 5.56 Å². The number of rotatable bonds is 6. The lowest BCUT2D eigenvalue weighted by Gasteiger charge is -2.23. The smallest absolute Gasteiger partial charge is 0.246 e. The third kappa shape index (κ3) is 5.17. The van der Waals surface area contributed by atoms with Crippen LogP contribution in [0, 0.1) is 0 Å². The van der Waals surface area contributed by atoms with E-state index >= 15 is 0 Å². The molecule has 0 heterocycles. The Hall–Kier alpha value is -1.62. The van der Waals surface area contributed by atoms with E-state index in [1.165, 1.54) is 11.0 Å². The molecule has 1 amide bonds. The average molecular weight is 295 g/mol. The lowest BCUT2D eigenvalue weighted by Crippen LogP contribution is -2.38. The van der Waals surface area contributed by atoms with Crippen LogP contribution >= 0.6 is 0 Å². The van der Waals surface area contributed by atoms with Crippen LogP contribution in [0.25, 0.3) is 6.08 Å². The Labute approximate surface area is 121 Å². The highest BCUT2D eigenvalue weighted by Crippen LogP contribution is 2.05. The van der Waals surface area contributed by atoms with Crippen molar-refractivity contribution in [3.8, 4) is 0 Å². The molecule has 0 saturated carbocycles. The molecule has 1 rings (SSSR count). The standard InChI is InChI=1S/C15H21NO3S/c1-4-20(18,19)12-13(2)16(3)15(17)11-10-14-8-6-5-7-9-14/h5-11,13H,4,12H2,1-3H3/b11-10+/t13-/m0/s1. The summed E-state index contributed by atoms with van der Waals surface area (Å²) in [5, 5.41) is 0. The topological polar surface area (TPSA) is 54.5 Å². The van der Waals surface area contributed by atoms with Crippen LogP contribution in [-0.4, -0.2) is 43.8 Å². The molecule has 0 fully saturated rings. The number of nitrogens with zero attached hydrogens (tertiary/aromatic N) is 1. The Bertz CT molecular complexity index is 564. The van der Waals surface area contributed by atoms with E-state index in [1.807, 2.05) is 30.3 Å². The summed E-state index contributed by atoms with van der Waals surface area (Å²) in [6.45, 7) is 3.35. The molecule has 0 spiro atoms. The number of benzene rings is 1. The first-order valence-electron chi connectivity index (χ1n) is 6.56. The zero-order valence-electron chi connectivity index (χ0n) is 12.1. The molecule has 1 aromatic rings. The second-order valence-electron chi connectivity index (χ2n) is 4.74. The van der Waals surface area contributed by atoms with Gasteiger partial charge in [0.25, 0.3) is 0 Å². The zero-order chi connectivity index (χ0) is 15.2. The monoisotopic (exact) mass is 295 g/mol. The Morgan fingerprint density at radius 3 is 2.45 bits per heavy atom. The fourth-order valence-corrected chi connectivity index (χ4v) is 2.86. The third-order valence-corrected chi connectivity index (χ3v) is 5.03. The van der Waals surface area contributed by atoms with Crippen LogP contribution in [0.5, 0.6) is 0 Å². The van der Waals surface area contributed by atoms with E-state index < -0.39 is 9.84 Å². The van der Waals surface area contributed by atoms with Crippen LogP contribution in [0.3, 0.4) is 0 Å². The van der Waals surface area contributed by atoms with Crippen molar-refractivity contribution in [2.45, 2.75) is 19.9 Å². The van der Waals surface area contributed by atoms with E-state index in [9.17, 15) is 13.2 Å². The van der Waals surface area contributed by atoms with Crippen molar-refractivity contribution < 1.29 is 13.2 Å². The van der Waals surface area contributed by atoms with Gasteiger partial charge in [-0.3, -0.25) is 4.79 Å². The molecule has 0 bridgehead atoms. The molecule has 110 valence electrons. The predicted molar refractivity (Wildman–Crippen MR) is 82.0 cm³/mol. The summed E-state index contributed by atoms with van der Waals surface area (Å²) in [5.74, 6) is -0.114. The van der Waals surface area contributed by atoms with Crippen molar-refractivity contribution in [3.63, 3.8) is 0 Å². The van der Waals surface area contributed by atoms with Crippen LogP contribution in [0.1, 0.15) is 19.4 Å². The summed E-state index contributed by atoms with van der Waals surface area (Å²) in [7, 11) is -1.46. The van der Waals surface area contributed by atoms with Gasteiger partial charge in [-0.25, -0.2) is 8.42 Å². The van der Waals surface area contributed by atoms with Gasteiger partial charge in [-0.05, 0) is 18.6 Å². The van der Waals surface area contributed by atoms with Gasteiger partial charge in [0.2, 0.25) is 5.91 Å². The van der Waals surface area contributed by atoms with Crippen molar-refractivity contribution in [1.29, 1.82) is 0 Å². The maximum atomic E-state index is 12.0. The van der Waals surface area contributed by atoms with Crippen LogP contribution in [-0.2, 0) is 14.6 Å². The number of carbonyl (C=O) groups is 1. The summed E-state index contributed by atoms with van der Waals surface area (Å²) in [6, 6.07) is 9.15. The van der Waals surface area contributed by atoms with Crippen LogP contribution in [0.15, 0.2) is 36.4 Å². The number of sulfone groups is 1. The minimum atomic E-state index is -3.08. The molecule has 0 aliphatic carbocycles. The lowest BCUT2D eigenvalue weighted by molar-refractivity contribution is -0.126. The minimum absolute atomic E-state index is 0.00901. The summed E-state index contributed by atoms with van der Waals surface area (Å²) in [6.07, 6.45) is 3.18. The molecule has 0 unspecified atom stereocenters. The molecule has 0 radical (unpaired) electrons. The number of carbonyl (C=O) groups excluding carboxylic acids is 1. The van der Waals surface area contributed by atoms with Crippen molar-refractivity contribution in [2.24, 2.45) is 0 Å². The van der Waals surface area contributed by atoms with E-state index in [2.05, 4.69) is 0 Å². The van der Waals surface area contributed by atoms with Gasteiger partial charge in [0.1, 0.15) is 0 Å². The van der Waals surface area contributed by atoms with Crippen molar-refractivity contribution in [1.82, 2.24) is 4.90 Å². The first-order valence-corrected chi connectivity index (χ1v) is 8.38. The van der Waals surface area contributed by atoms with Gasteiger partial charge >= 0.3 is 0 Å². The van der Waals surface area contributed by atoms with E-state index in [0.29, 0.717) is 0 Å². The number of amides is 1. The second kappa shape index (κ2) is 7.24. The van der Waals surface area contributed by atoms with Crippen LogP contribution < -0.4 is 0 Å². The molecule has 5 heteroatoms. The minimum Gasteiger partial charge on any atom is -0.338 e. The number of likely N-dealkylation sites (N-methyl/N-ethyl adjacent to an activating group) is 1. The molecule has 0 saturated heterocycles. The largest absolute Gasteiger partial charge is 0.338 e. The lowest BCUT2D eigenvalue weighted by atomic mass is 10.2. The molecular weight excluding hydrogens is 274 g/mol. The zero-order valence-corrected chi connectivity index (χ0v) is 12.9. The maximum absolute atomic E-state index is 12.0. The fourth-order valence-electron chi connectivity index (χ4n) is 1.66.